The first-order valence-corrected chi connectivity index (χ1v) is 8.43. The summed E-state index contributed by atoms with van der Waals surface area (Å²) in [6.45, 7) is 0.689. The van der Waals surface area contributed by atoms with E-state index in [1.807, 2.05) is 12.1 Å². The van der Waals surface area contributed by atoms with Crippen LogP contribution in [-0.2, 0) is 6.54 Å². The van der Waals surface area contributed by atoms with E-state index in [1.54, 1.807) is 18.2 Å². The Morgan fingerprint density at radius 3 is 2.85 bits per heavy atom. The zero-order valence-electron chi connectivity index (χ0n) is 14.5. The van der Waals surface area contributed by atoms with Crippen LogP contribution in [0.1, 0.15) is 12.1 Å². The summed E-state index contributed by atoms with van der Waals surface area (Å²) in [5.74, 6) is 1.65. The van der Waals surface area contributed by atoms with Crippen molar-refractivity contribution in [3.8, 4) is 17.4 Å². The van der Waals surface area contributed by atoms with E-state index >= 15 is 0 Å². The zero-order valence-corrected chi connectivity index (χ0v) is 14.5. The van der Waals surface area contributed by atoms with Gasteiger partial charge in [-0.1, -0.05) is 6.07 Å². The van der Waals surface area contributed by atoms with Crippen molar-refractivity contribution in [2.75, 3.05) is 25.1 Å². The highest BCUT2D eigenvalue weighted by Crippen LogP contribution is 2.32. The Morgan fingerprint density at radius 1 is 1.22 bits per heavy atom. The highest BCUT2D eigenvalue weighted by atomic mass is 19.3. The average molecular weight is 378 g/mol. The van der Waals surface area contributed by atoms with Gasteiger partial charge in [0, 0.05) is 24.2 Å². The molecule has 1 aliphatic rings. The van der Waals surface area contributed by atoms with Crippen molar-refractivity contribution in [2.45, 2.75) is 19.4 Å². The van der Waals surface area contributed by atoms with E-state index in [-0.39, 0.29) is 18.4 Å². The number of aromatic nitrogens is 1. The van der Waals surface area contributed by atoms with E-state index in [2.05, 4.69) is 15.3 Å². The topological polar surface area (TPSA) is 91.0 Å². The molecule has 0 fully saturated rings. The number of aliphatic imine (C=N–C) groups is 1. The van der Waals surface area contributed by atoms with Gasteiger partial charge in [-0.05, 0) is 18.2 Å². The number of nitrogens with one attached hydrogen (secondary N) is 1. The predicted octanol–water partition coefficient (Wildman–Crippen LogP) is 2.81. The summed E-state index contributed by atoms with van der Waals surface area (Å²) in [5, 5.41) is 2.97. The molecule has 0 saturated heterocycles. The Labute approximate surface area is 155 Å². The van der Waals surface area contributed by atoms with Gasteiger partial charge >= 0.3 is 0 Å². The molecule has 3 N–H and O–H groups in total. The largest absolute Gasteiger partial charge is 0.490 e. The number of ether oxygens (including phenoxy) is 3. The van der Waals surface area contributed by atoms with Gasteiger partial charge < -0.3 is 25.3 Å². The molecule has 0 spiro atoms. The molecule has 0 amide bonds. The van der Waals surface area contributed by atoms with Crippen LogP contribution in [-0.4, -0.2) is 37.2 Å². The van der Waals surface area contributed by atoms with Crippen LogP contribution in [0.2, 0.25) is 0 Å². The molecule has 0 radical (unpaired) electrons. The molecule has 9 heteroatoms. The van der Waals surface area contributed by atoms with Crippen LogP contribution in [0.15, 0.2) is 41.4 Å². The lowest BCUT2D eigenvalue weighted by atomic mass is 10.3. The number of halogens is 2. The number of guanidine groups is 1. The van der Waals surface area contributed by atoms with Gasteiger partial charge in [0.05, 0.1) is 25.5 Å². The number of nitrogens with two attached hydrogens (primary N) is 1. The smallest absolute Gasteiger partial charge is 0.272 e. The van der Waals surface area contributed by atoms with Gasteiger partial charge in [-0.3, -0.25) is 0 Å². The van der Waals surface area contributed by atoms with Gasteiger partial charge in [0.15, 0.2) is 24.1 Å². The molecule has 3 rings (SSSR count). The number of alkyl halides is 2. The minimum atomic E-state index is -2.55. The predicted molar refractivity (Wildman–Crippen MR) is 96.7 cm³/mol. The van der Waals surface area contributed by atoms with Gasteiger partial charge in [0.2, 0.25) is 5.88 Å². The van der Waals surface area contributed by atoms with E-state index in [0.717, 1.165) is 6.42 Å². The van der Waals surface area contributed by atoms with Crippen molar-refractivity contribution in [1.29, 1.82) is 0 Å². The van der Waals surface area contributed by atoms with Gasteiger partial charge in [0.1, 0.15) is 0 Å². The monoisotopic (exact) mass is 378 g/mol. The maximum atomic E-state index is 12.2. The van der Waals surface area contributed by atoms with Crippen molar-refractivity contribution < 1.29 is 23.0 Å². The molecule has 2 aromatic rings. The Hall–Kier alpha value is -3.10. The molecule has 0 unspecified atom stereocenters. The molecule has 2 heterocycles. The molecule has 7 nitrogen and oxygen atoms in total. The summed E-state index contributed by atoms with van der Waals surface area (Å²) >= 11 is 0. The first kappa shape index (κ1) is 18.7. The van der Waals surface area contributed by atoms with Crippen LogP contribution in [0.5, 0.6) is 17.4 Å². The molecule has 27 heavy (non-hydrogen) atoms. The summed E-state index contributed by atoms with van der Waals surface area (Å²) in [5.41, 5.74) is 7.16. The van der Waals surface area contributed by atoms with Crippen LogP contribution in [0.25, 0.3) is 0 Å². The summed E-state index contributed by atoms with van der Waals surface area (Å²) < 4.78 is 40.5. The zero-order chi connectivity index (χ0) is 19.1. The third kappa shape index (κ3) is 5.70. The second kappa shape index (κ2) is 9.02. The highest BCUT2D eigenvalue weighted by molar-refractivity contribution is 5.92. The SMILES string of the molecule is NC(=NCc1cccc(OCC(F)F)n1)Nc1ccc2c(c1)OCCCO2. The number of fused-ring (bicyclic) bond motifs is 1. The van der Waals surface area contributed by atoms with Crippen LogP contribution in [0, 0.1) is 0 Å². The van der Waals surface area contributed by atoms with Crippen LogP contribution in [0.4, 0.5) is 14.5 Å². The summed E-state index contributed by atoms with van der Waals surface area (Å²) in [7, 11) is 0. The number of hydrogen-bond acceptors (Lipinski definition) is 5. The second-order valence-electron chi connectivity index (χ2n) is 5.71. The molecule has 0 aliphatic carbocycles. The molecular weight excluding hydrogens is 358 g/mol. The number of pyridine rings is 1. The highest BCUT2D eigenvalue weighted by Gasteiger charge is 2.11. The Morgan fingerprint density at radius 2 is 2.04 bits per heavy atom. The lowest BCUT2D eigenvalue weighted by Crippen LogP contribution is -2.22. The fourth-order valence-corrected chi connectivity index (χ4v) is 2.37. The first-order valence-electron chi connectivity index (χ1n) is 8.43. The van der Waals surface area contributed by atoms with Crippen molar-refractivity contribution in [3.63, 3.8) is 0 Å². The van der Waals surface area contributed by atoms with Crippen LogP contribution >= 0.6 is 0 Å². The summed E-state index contributed by atoms with van der Waals surface area (Å²) in [4.78, 5) is 8.31. The van der Waals surface area contributed by atoms with Crippen molar-refractivity contribution >= 4 is 11.6 Å². The Balaban J connectivity index is 1.60. The molecular formula is C18H20F2N4O3. The minimum Gasteiger partial charge on any atom is -0.490 e. The van der Waals surface area contributed by atoms with Gasteiger partial charge in [-0.2, -0.15) is 0 Å². The first-order chi connectivity index (χ1) is 13.1. The molecule has 1 aromatic heterocycles. The van der Waals surface area contributed by atoms with Crippen LogP contribution < -0.4 is 25.3 Å². The van der Waals surface area contributed by atoms with Gasteiger partial charge in [-0.15, -0.1) is 0 Å². The van der Waals surface area contributed by atoms with Gasteiger partial charge in [-0.25, -0.2) is 18.8 Å². The third-order valence-corrected chi connectivity index (χ3v) is 3.57. The maximum absolute atomic E-state index is 12.2. The van der Waals surface area contributed by atoms with Crippen molar-refractivity contribution in [1.82, 2.24) is 4.98 Å². The average Bonchev–Trinajstić information content (AvgIpc) is 2.90. The molecule has 0 atom stereocenters. The Kier molecular flexibility index (Phi) is 6.24. The lowest BCUT2D eigenvalue weighted by molar-refractivity contribution is 0.0795. The number of anilines is 1. The standard InChI is InChI=1S/C18H20F2N4O3/c19-16(20)11-27-17-4-1-3-13(23-17)10-22-18(21)24-12-5-6-14-15(9-12)26-8-2-7-25-14/h1,3-6,9,16H,2,7-8,10-11H2,(H3,21,22,24). The van der Waals surface area contributed by atoms with Gasteiger partial charge in [0.25, 0.3) is 6.43 Å². The van der Waals surface area contributed by atoms with E-state index in [9.17, 15) is 8.78 Å². The molecule has 144 valence electrons. The minimum absolute atomic E-state index is 0.123. The number of hydrogen-bond donors (Lipinski definition) is 2. The fraction of sp³-hybridized carbons (Fsp3) is 0.333. The molecule has 1 aromatic carbocycles. The van der Waals surface area contributed by atoms with Crippen LogP contribution in [0.3, 0.4) is 0 Å². The molecule has 0 bridgehead atoms. The fourth-order valence-electron chi connectivity index (χ4n) is 2.37. The number of benzene rings is 1. The van der Waals surface area contributed by atoms with E-state index in [4.69, 9.17) is 19.9 Å². The van der Waals surface area contributed by atoms with E-state index in [1.165, 1.54) is 6.07 Å². The molecule has 1 aliphatic heterocycles. The van der Waals surface area contributed by atoms with Crippen molar-refractivity contribution in [3.05, 3.63) is 42.1 Å². The summed E-state index contributed by atoms with van der Waals surface area (Å²) in [6.07, 6.45) is -1.72. The Bertz CT molecular complexity index is 802. The number of rotatable bonds is 6. The van der Waals surface area contributed by atoms with Crippen molar-refractivity contribution in [2.24, 2.45) is 10.7 Å². The number of nitrogens with zero attached hydrogens (tertiary/aromatic N) is 2. The maximum Gasteiger partial charge on any atom is 0.272 e. The lowest BCUT2D eigenvalue weighted by Gasteiger charge is -2.11. The third-order valence-electron chi connectivity index (χ3n) is 3.57. The quantitative estimate of drug-likeness (QED) is 0.593. The summed E-state index contributed by atoms with van der Waals surface area (Å²) in [6, 6.07) is 10.3. The van der Waals surface area contributed by atoms with E-state index in [0.29, 0.717) is 36.1 Å². The van der Waals surface area contributed by atoms with E-state index < -0.39 is 13.0 Å². The second-order valence-corrected chi connectivity index (χ2v) is 5.71. The normalized spacial score (nSPS) is 14.0. The molecule has 0 saturated carbocycles.